The van der Waals surface area contributed by atoms with E-state index in [2.05, 4.69) is 21.0 Å². The summed E-state index contributed by atoms with van der Waals surface area (Å²) < 4.78 is 1.33. The van der Waals surface area contributed by atoms with Gasteiger partial charge in [0.2, 0.25) is 11.1 Å². The molecule has 0 saturated carbocycles. The van der Waals surface area contributed by atoms with E-state index >= 15 is 0 Å². The van der Waals surface area contributed by atoms with Gasteiger partial charge < -0.3 is 5.84 Å². The fourth-order valence-electron chi connectivity index (χ4n) is 2.11. The molecular weight excluding hydrogens is 352 g/mol. The van der Waals surface area contributed by atoms with Crippen molar-refractivity contribution in [3.8, 4) is 11.4 Å². The molecule has 2 aromatic carbocycles. The summed E-state index contributed by atoms with van der Waals surface area (Å²) in [5.41, 5.74) is 5.99. The highest BCUT2D eigenvalue weighted by Crippen LogP contribution is 2.20. The largest absolute Gasteiger partial charge is 0.335 e. The van der Waals surface area contributed by atoms with Crippen LogP contribution in [0.2, 0.25) is 0 Å². The van der Waals surface area contributed by atoms with Crippen molar-refractivity contribution in [3.05, 3.63) is 66.2 Å². The summed E-state index contributed by atoms with van der Waals surface area (Å²) in [5.74, 6) is 5.74. The topological polar surface area (TPSA) is 115 Å². The molecule has 3 aromatic rings. The predicted molar refractivity (Wildman–Crippen MR) is 98.4 cm³/mol. The van der Waals surface area contributed by atoms with Gasteiger partial charge in [-0.1, -0.05) is 60.3 Å². The predicted octanol–water partition coefficient (Wildman–Crippen LogP) is 1.21. The Kier molecular flexibility index (Phi) is 5.49. The minimum atomic E-state index is -0.391. The van der Waals surface area contributed by atoms with Crippen LogP contribution in [0.15, 0.2) is 65.8 Å². The van der Waals surface area contributed by atoms with E-state index in [9.17, 15) is 9.59 Å². The highest BCUT2D eigenvalue weighted by atomic mass is 32.2. The average molecular weight is 368 g/mol. The van der Waals surface area contributed by atoms with Crippen molar-refractivity contribution in [1.29, 1.82) is 0 Å². The van der Waals surface area contributed by atoms with Gasteiger partial charge in [-0.25, -0.2) is 4.68 Å². The molecule has 4 N–H and O–H groups in total. The second kappa shape index (κ2) is 8.17. The molecule has 0 spiro atoms. The summed E-state index contributed by atoms with van der Waals surface area (Å²) in [7, 11) is 0. The van der Waals surface area contributed by atoms with Gasteiger partial charge in [-0.2, -0.15) is 0 Å². The molecule has 8 nitrogen and oxygen atoms in total. The zero-order chi connectivity index (χ0) is 18.4. The molecular formula is C17H16N6O2S. The number of amides is 2. The molecule has 0 aliphatic rings. The van der Waals surface area contributed by atoms with Crippen LogP contribution in [-0.2, 0) is 4.79 Å². The number of nitrogens with two attached hydrogens (primary N) is 1. The third-order valence-electron chi connectivity index (χ3n) is 3.38. The molecule has 2 amide bonds. The minimum absolute atomic E-state index is 0.0270. The van der Waals surface area contributed by atoms with Crippen LogP contribution in [0.25, 0.3) is 11.4 Å². The number of rotatable bonds is 5. The number of hydrazine groups is 1. The number of nitrogens with one attached hydrogen (secondary N) is 2. The zero-order valence-corrected chi connectivity index (χ0v) is 14.4. The molecule has 1 heterocycles. The molecule has 26 heavy (non-hydrogen) atoms. The van der Waals surface area contributed by atoms with Gasteiger partial charge in [0.1, 0.15) is 0 Å². The lowest BCUT2D eigenvalue weighted by Gasteiger charge is -2.07. The van der Waals surface area contributed by atoms with Crippen LogP contribution in [0.1, 0.15) is 10.4 Å². The third-order valence-corrected chi connectivity index (χ3v) is 4.32. The van der Waals surface area contributed by atoms with E-state index in [0.717, 1.165) is 17.3 Å². The fourth-order valence-corrected chi connectivity index (χ4v) is 2.77. The lowest BCUT2D eigenvalue weighted by Crippen LogP contribution is -2.42. The van der Waals surface area contributed by atoms with Crippen LogP contribution >= 0.6 is 11.8 Å². The molecule has 0 radical (unpaired) electrons. The van der Waals surface area contributed by atoms with E-state index in [1.807, 2.05) is 30.3 Å². The van der Waals surface area contributed by atoms with Crippen LogP contribution in [0.4, 0.5) is 0 Å². The molecule has 0 unspecified atom stereocenters. The number of aromatic nitrogens is 3. The first-order chi connectivity index (χ1) is 12.6. The standard InChI is InChI=1S/C17H16N6O2S/c18-23-15(12-7-3-1-4-8-12)20-22-17(23)26-11-14(24)19-21-16(25)13-9-5-2-6-10-13/h1-10H,11,18H2,(H,19,24)(H,21,25). The molecule has 1 aromatic heterocycles. The molecule has 0 saturated heterocycles. The summed E-state index contributed by atoms with van der Waals surface area (Å²) in [4.78, 5) is 23.8. The SMILES string of the molecule is Nn1c(SCC(=O)NNC(=O)c2ccccc2)nnc1-c1ccccc1. The van der Waals surface area contributed by atoms with Gasteiger partial charge in [0.15, 0.2) is 5.82 Å². The van der Waals surface area contributed by atoms with Crippen molar-refractivity contribution in [1.82, 2.24) is 25.7 Å². The Bertz CT molecular complexity index is 898. The van der Waals surface area contributed by atoms with Crippen LogP contribution in [0.5, 0.6) is 0 Å². The van der Waals surface area contributed by atoms with Crippen molar-refractivity contribution in [2.45, 2.75) is 5.16 Å². The zero-order valence-electron chi connectivity index (χ0n) is 13.6. The fraction of sp³-hybridized carbons (Fsp3) is 0.0588. The van der Waals surface area contributed by atoms with Gasteiger partial charge in [-0.3, -0.25) is 20.4 Å². The number of nitrogens with zero attached hydrogens (tertiary/aromatic N) is 3. The van der Waals surface area contributed by atoms with Gasteiger partial charge in [0, 0.05) is 11.1 Å². The van der Waals surface area contributed by atoms with E-state index in [4.69, 9.17) is 5.84 Å². The number of carbonyl (C=O) groups excluding carboxylic acids is 2. The summed E-state index contributed by atoms with van der Waals surface area (Å²) in [6, 6.07) is 18.0. The molecule has 9 heteroatoms. The lowest BCUT2D eigenvalue weighted by atomic mass is 10.2. The Morgan fingerprint density at radius 3 is 2.31 bits per heavy atom. The Labute approximate surface area is 153 Å². The Hall–Kier alpha value is -3.33. The van der Waals surface area contributed by atoms with Crippen molar-refractivity contribution in [2.75, 3.05) is 11.6 Å². The van der Waals surface area contributed by atoms with Gasteiger partial charge in [0.25, 0.3) is 5.91 Å². The van der Waals surface area contributed by atoms with Crippen LogP contribution in [0.3, 0.4) is 0 Å². The first-order valence-electron chi connectivity index (χ1n) is 7.68. The summed E-state index contributed by atoms with van der Waals surface area (Å²) in [6.07, 6.45) is 0. The molecule has 0 aliphatic carbocycles. The molecule has 132 valence electrons. The van der Waals surface area contributed by atoms with Crippen molar-refractivity contribution >= 4 is 23.6 Å². The maximum atomic E-state index is 11.9. The quantitative estimate of drug-likeness (QED) is 0.354. The normalized spacial score (nSPS) is 10.3. The number of hydrogen-bond acceptors (Lipinski definition) is 6. The monoisotopic (exact) mass is 368 g/mol. The number of nitrogen functional groups attached to an aromatic ring is 1. The number of carbonyl (C=O) groups is 2. The average Bonchev–Trinajstić information content (AvgIpc) is 3.06. The van der Waals surface area contributed by atoms with Gasteiger partial charge in [-0.05, 0) is 12.1 Å². The number of thioether (sulfide) groups is 1. The first kappa shape index (κ1) is 17.5. The molecule has 3 rings (SSSR count). The van der Waals surface area contributed by atoms with E-state index in [0.29, 0.717) is 16.5 Å². The number of hydrogen-bond donors (Lipinski definition) is 3. The van der Waals surface area contributed by atoms with Crippen molar-refractivity contribution in [2.24, 2.45) is 0 Å². The van der Waals surface area contributed by atoms with E-state index in [1.54, 1.807) is 30.3 Å². The Morgan fingerprint density at radius 2 is 1.62 bits per heavy atom. The van der Waals surface area contributed by atoms with Crippen LogP contribution in [0, 0.1) is 0 Å². The Morgan fingerprint density at radius 1 is 0.962 bits per heavy atom. The first-order valence-corrected chi connectivity index (χ1v) is 8.66. The maximum Gasteiger partial charge on any atom is 0.269 e. The van der Waals surface area contributed by atoms with Crippen molar-refractivity contribution in [3.63, 3.8) is 0 Å². The summed E-state index contributed by atoms with van der Waals surface area (Å²) in [6.45, 7) is 0. The van der Waals surface area contributed by atoms with Gasteiger partial charge in [-0.15, -0.1) is 10.2 Å². The van der Waals surface area contributed by atoms with E-state index in [-0.39, 0.29) is 11.7 Å². The van der Waals surface area contributed by atoms with Crippen LogP contribution < -0.4 is 16.7 Å². The van der Waals surface area contributed by atoms with Crippen molar-refractivity contribution < 1.29 is 9.59 Å². The maximum absolute atomic E-state index is 11.9. The molecule has 0 fully saturated rings. The molecule has 0 atom stereocenters. The highest BCUT2D eigenvalue weighted by molar-refractivity contribution is 7.99. The third kappa shape index (κ3) is 4.19. The van der Waals surface area contributed by atoms with Gasteiger partial charge >= 0.3 is 0 Å². The smallest absolute Gasteiger partial charge is 0.269 e. The molecule has 0 bridgehead atoms. The summed E-state index contributed by atoms with van der Waals surface area (Å²) >= 11 is 1.12. The molecule has 0 aliphatic heterocycles. The van der Waals surface area contributed by atoms with Gasteiger partial charge in [0.05, 0.1) is 5.75 Å². The van der Waals surface area contributed by atoms with E-state index in [1.165, 1.54) is 4.68 Å². The van der Waals surface area contributed by atoms with Crippen LogP contribution in [-0.4, -0.2) is 32.4 Å². The summed E-state index contributed by atoms with van der Waals surface area (Å²) in [5, 5.41) is 8.43. The Balaban J connectivity index is 1.52. The minimum Gasteiger partial charge on any atom is -0.335 e. The lowest BCUT2D eigenvalue weighted by molar-refractivity contribution is -0.119. The second-order valence-corrected chi connectivity index (χ2v) is 6.14. The highest BCUT2D eigenvalue weighted by Gasteiger charge is 2.14. The number of benzene rings is 2. The van der Waals surface area contributed by atoms with E-state index < -0.39 is 5.91 Å². The second-order valence-electron chi connectivity index (χ2n) is 5.20.